The highest BCUT2D eigenvalue weighted by Gasteiger charge is 2.43. The summed E-state index contributed by atoms with van der Waals surface area (Å²) in [7, 11) is -6.14. The quantitative estimate of drug-likeness (QED) is 0.0696. The van der Waals surface area contributed by atoms with Crippen LogP contribution in [0.25, 0.3) is 17.4 Å². The van der Waals surface area contributed by atoms with E-state index in [0.717, 1.165) is 16.5 Å². The summed E-state index contributed by atoms with van der Waals surface area (Å²) >= 11 is 0. The summed E-state index contributed by atoms with van der Waals surface area (Å²) in [4.78, 5) is 43.1. The molecule has 0 bridgehead atoms. The van der Waals surface area contributed by atoms with Gasteiger partial charge in [-0.25, -0.2) is 26.2 Å². The molecule has 4 aliphatic rings. The van der Waals surface area contributed by atoms with Crippen molar-refractivity contribution in [1.82, 2.24) is 9.64 Å². The van der Waals surface area contributed by atoms with E-state index >= 15 is 0 Å². The van der Waals surface area contributed by atoms with Gasteiger partial charge >= 0.3 is 5.97 Å². The summed E-state index contributed by atoms with van der Waals surface area (Å²) in [5.74, 6) is -1.43. The largest absolute Gasteiger partial charge is 0.748 e. The number of allylic oxidation sites excluding steroid dienone is 5. The van der Waals surface area contributed by atoms with E-state index in [1.54, 1.807) is 50.3 Å². The third-order valence-electron chi connectivity index (χ3n) is 10.8. The first kappa shape index (κ1) is 48.1. The maximum absolute atomic E-state index is 12.8. The van der Waals surface area contributed by atoms with Gasteiger partial charge in [0.25, 0.3) is 11.8 Å². The number of rotatable bonds is 19. The molecule has 1 aliphatic carbocycles. The van der Waals surface area contributed by atoms with E-state index in [0.29, 0.717) is 59.8 Å². The smallest absolute Gasteiger partial charge is 0.333 e. The lowest BCUT2D eigenvalue weighted by molar-refractivity contribution is -0.197. The highest BCUT2D eigenvalue weighted by atomic mass is 32.2. The van der Waals surface area contributed by atoms with Crippen LogP contribution >= 0.6 is 0 Å². The van der Waals surface area contributed by atoms with Gasteiger partial charge in [-0.3, -0.25) is 9.59 Å². The van der Waals surface area contributed by atoms with Gasteiger partial charge in [0.1, 0.15) is 34.9 Å². The van der Waals surface area contributed by atoms with Crippen molar-refractivity contribution < 1.29 is 59.1 Å². The summed E-state index contributed by atoms with van der Waals surface area (Å²) in [6.45, 7) is 10.6. The van der Waals surface area contributed by atoms with Gasteiger partial charge in [-0.05, 0) is 85.2 Å². The van der Waals surface area contributed by atoms with E-state index in [1.807, 2.05) is 18.2 Å². The topological polar surface area (TPSA) is 216 Å². The highest BCUT2D eigenvalue weighted by molar-refractivity contribution is 7.86. The molecule has 0 saturated carbocycles. The summed E-state index contributed by atoms with van der Waals surface area (Å²) in [5, 5.41) is 1.42. The molecule has 0 aromatic heterocycles. The van der Waals surface area contributed by atoms with Gasteiger partial charge in [0.2, 0.25) is 5.36 Å². The Morgan fingerprint density at radius 3 is 2.21 bits per heavy atom. The fourth-order valence-corrected chi connectivity index (χ4v) is 8.69. The van der Waals surface area contributed by atoms with E-state index in [9.17, 15) is 40.3 Å². The zero-order valence-corrected chi connectivity index (χ0v) is 37.5. The first-order valence-corrected chi connectivity index (χ1v) is 23.2. The molecule has 336 valence electrons. The van der Waals surface area contributed by atoms with Crippen LogP contribution in [-0.4, -0.2) is 102 Å². The molecule has 5 rings (SSSR count). The van der Waals surface area contributed by atoms with Crippen LogP contribution < -0.4 is 14.8 Å². The van der Waals surface area contributed by atoms with Gasteiger partial charge in [0.15, 0.2) is 13.1 Å². The van der Waals surface area contributed by atoms with E-state index < -0.39 is 54.1 Å². The number of hydrogen-bond donors (Lipinski definition) is 0. The summed E-state index contributed by atoms with van der Waals surface area (Å²) in [6.07, 6.45) is 8.79. The third-order valence-corrected chi connectivity index (χ3v) is 12.5. The number of imide groups is 1. The van der Waals surface area contributed by atoms with E-state index in [4.69, 9.17) is 18.7 Å². The maximum atomic E-state index is 12.8. The van der Waals surface area contributed by atoms with Crippen molar-refractivity contribution in [2.45, 2.75) is 81.9 Å². The van der Waals surface area contributed by atoms with E-state index in [-0.39, 0.29) is 50.5 Å². The van der Waals surface area contributed by atoms with Crippen LogP contribution in [0.5, 0.6) is 0 Å². The Kier molecular flexibility index (Phi) is 15.5. The minimum absolute atomic E-state index is 0.0478. The minimum atomic E-state index is -4.89. The Labute approximate surface area is 362 Å². The summed E-state index contributed by atoms with van der Waals surface area (Å²) in [6, 6.07) is 12.0. The average Bonchev–Trinajstić information content (AvgIpc) is 3.63. The van der Waals surface area contributed by atoms with Crippen LogP contribution in [0, 0.1) is 0 Å². The molecule has 3 aliphatic heterocycles. The highest BCUT2D eigenvalue weighted by Crippen LogP contribution is 2.51. The summed E-state index contributed by atoms with van der Waals surface area (Å²) in [5.41, 5.74) is 2.25. The Morgan fingerprint density at radius 2 is 1.60 bits per heavy atom. The van der Waals surface area contributed by atoms with Crippen LogP contribution in [0.2, 0.25) is 0 Å². The maximum Gasteiger partial charge on any atom is 0.333 e. The Bertz CT molecular complexity index is 2490. The number of nitrogens with zero attached hydrogens (tertiary/aromatic N) is 3. The van der Waals surface area contributed by atoms with Crippen LogP contribution in [-0.2, 0) is 59.8 Å². The van der Waals surface area contributed by atoms with Crippen molar-refractivity contribution in [3.8, 4) is 11.3 Å². The van der Waals surface area contributed by atoms with Gasteiger partial charge in [-0.2, -0.15) is 0 Å². The molecule has 2 amide bonds. The number of ether oxygens (including phenoxy) is 2. The fourth-order valence-electron chi connectivity index (χ4n) is 7.71. The van der Waals surface area contributed by atoms with Gasteiger partial charge in [-0.15, -0.1) is 5.06 Å². The molecule has 0 N–H and O–H groups in total. The first-order valence-electron chi connectivity index (χ1n) is 20.2. The number of amides is 2. The Morgan fingerprint density at radius 1 is 0.919 bits per heavy atom. The number of hydroxylamine groups is 2. The minimum Gasteiger partial charge on any atom is -0.748 e. The normalized spacial score (nSPS) is 18.0. The zero-order valence-electron chi connectivity index (χ0n) is 35.9. The molecule has 1 atom stereocenters. The number of benzene rings is 2. The van der Waals surface area contributed by atoms with E-state index in [2.05, 4.69) is 37.5 Å². The molecular formula is C44H54N3O13S2-. The fraction of sp³-hybridized carbons (Fsp3) is 0.455. The van der Waals surface area contributed by atoms with Crippen molar-refractivity contribution in [2.24, 2.45) is 0 Å². The number of anilines is 1. The standard InChI is InChI=1S/C44H55N3O13S2/c1-43(2,3)35-29-32(59-38-28-31(15-17-34(35)38)45(23-25-57-5)24-26-58-6)12-8-7-9-13-39-44(4,21-10-14-42(50)60-47-40(48)19-20-41(47)49)36-30-33(62(54,55)56)16-18-37(36)46(39)22-11-27-61(51,52)53/h7-9,12-13,15-18,28-30H,10-11,14,19-27H2,1-6H3,(H-,51,52,53,54,55,56)/p-1. The van der Waals surface area contributed by atoms with Crippen molar-refractivity contribution in [1.29, 1.82) is 0 Å². The Hall–Kier alpha value is -4.98. The number of carbonyl (C=O) groups is 3. The third kappa shape index (κ3) is 11.9. The molecule has 1 saturated heterocycles. The lowest BCUT2D eigenvalue weighted by Gasteiger charge is -2.30. The predicted octanol–water partition coefficient (Wildman–Crippen LogP) is 4.60. The van der Waals surface area contributed by atoms with Crippen LogP contribution in [0.1, 0.15) is 83.1 Å². The molecule has 16 nitrogen and oxygen atoms in total. The SMILES string of the molecule is COCC[N+](CCOC)=c1ccc2c(C(C)(C)C)cc(/C=C/C=C/C=C3/N(CCCS(=O)(=O)[O-])c4ccc(S(=O)(=O)[O-])cc4C3(C)CCCC(=O)ON3C(=O)CCC3=O)oc-2c1. The lowest BCUT2D eigenvalue weighted by Crippen LogP contribution is -2.35. The van der Waals surface area contributed by atoms with E-state index in [1.165, 1.54) is 18.2 Å². The van der Waals surface area contributed by atoms with Crippen LogP contribution in [0.4, 0.5) is 5.69 Å². The number of fused-ring (bicyclic) bond motifs is 2. The molecule has 0 radical (unpaired) electrons. The second-order valence-corrected chi connectivity index (χ2v) is 19.3. The molecule has 1 aromatic rings. The summed E-state index contributed by atoms with van der Waals surface area (Å²) < 4.78 is 90.7. The van der Waals surface area contributed by atoms with Crippen LogP contribution in [0.3, 0.4) is 0 Å². The lowest BCUT2D eigenvalue weighted by atomic mass is 9.77. The average molecular weight is 897 g/mol. The molecular weight excluding hydrogens is 843 g/mol. The molecule has 18 heteroatoms. The van der Waals surface area contributed by atoms with Crippen LogP contribution in [0.15, 0.2) is 81.8 Å². The molecule has 0 spiro atoms. The number of carbonyl (C=O) groups excluding carboxylic acids is 3. The van der Waals surface area contributed by atoms with Crippen molar-refractivity contribution >= 4 is 49.8 Å². The molecule has 3 heterocycles. The monoisotopic (exact) mass is 896 g/mol. The number of methoxy groups -OCH3 is 2. The van der Waals surface area contributed by atoms with Gasteiger partial charge in [0, 0.05) is 74.2 Å². The first-order chi connectivity index (χ1) is 29.2. The predicted molar refractivity (Wildman–Crippen MR) is 228 cm³/mol. The molecule has 62 heavy (non-hydrogen) atoms. The van der Waals surface area contributed by atoms with Gasteiger partial charge < -0.3 is 32.7 Å². The van der Waals surface area contributed by atoms with Crippen molar-refractivity contribution in [3.63, 3.8) is 0 Å². The van der Waals surface area contributed by atoms with Crippen molar-refractivity contribution in [3.05, 3.63) is 94.7 Å². The second kappa shape index (κ2) is 20.0. The van der Waals surface area contributed by atoms with Crippen molar-refractivity contribution in [2.75, 3.05) is 57.7 Å². The second-order valence-electron chi connectivity index (χ2n) is 16.4. The van der Waals surface area contributed by atoms with Gasteiger partial charge in [0.05, 0.1) is 21.1 Å². The Balaban J connectivity index is 1.52. The van der Waals surface area contributed by atoms with Gasteiger partial charge in [-0.1, -0.05) is 39.0 Å². The molecule has 1 fully saturated rings. The zero-order chi connectivity index (χ0) is 45.5. The number of hydrogen-bond acceptors (Lipinski definition) is 14. The molecule has 1 aromatic carbocycles. The molecule has 1 unspecified atom stereocenters.